The molecule has 0 saturated heterocycles. The second-order valence-corrected chi connectivity index (χ2v) is 7.26. The van der Waals surface area contributed by atoms with Gasteiger partial charge in [-0.15, -0.1) is 10.2 Å². The van der Waals surface area contributed by atoms with Gasteiger partial charge < -0.3 is 9.47 Å². The number of ether oxygens (including phenoxy) is 2. The summed E-state index contributed by atoms with van der Waals surface area (Å²) in [5.74, 6) is 1.35. The van der Waals surface area contributed by atoms with Gasteiger partial charge >= 0.3 is 0 Å². The molecular weight excluding hydrogens is 326 g/mol. The maximum absolute atomic E-state index is 12.7. The van der Waals surface area contributed by atoms with Crippen LogP contribution in [-0.2, 0) is 10.2 Å². The van der Waals surface area contributed by atoms with Gasteiger partial charge in [-0.1, -0.05) is 31.3 Å². The first-order valence-corrected chi connectivity index (χ1v) is 8.48. The van der Waals surface area contributed by atoms with Gasteiger partial charge in [0.25, 0.3) is 0 Å². The summed E-state index contributed by atoms with van der Waals surface area (Å²) in [4.78, 5) is 12.7. The van der Waals surface area contributed by atoms with E-state index in [0.29, 0.717) is 16.6 Å². The van der Waals surface area contributed by atoms with E-state index >= 15 is 0 Å². The number of aromatic nitrogens is 2. The maximum atomic E-state index is 12.7. The number of nitrogens with zero attached hydrogens (tertiary/aromatic N) is 2. The van der Waals surface area contributed by atoms with Gasteiger partial charge in [-0.05, 0) is 31.5 Å². The molecular formula is C17H23N3O3S. The molecule has 7 heteroatoms. The Labute approximate surface area is 146 Å². The fourth-order valence-electron chi connectivity index (χ4n) is 2.13. The molecule has 24 heavy (non-hydrogen) atoms. The molecule has 0 aliphatic carbocycles. The van der Waals surface area contributed by atoms with E-state index in [0.717, 1.165) is 10.6 Å². The van der Waals surface area contributed by atoms with Gasteiger partial charge in [0.2, 0.25) is 11.0 Å². The van der Waals surface area contributed by atoms with Crippen LogP contribution in [0.2, 0.25) is 0 Å². The van der Waals surface area contributed by atoms with Gasteiger partial charge in [-0.25, -0.2) is 0 Å². The van der Waals surface area contributed by atoms with E-state index in [1.807, 2.05) is 39.8 Å². The zero-order valence-electron chi connectivity index (χ0n) is 14.8. The first kappa shape index (κ1) is 18.2. The van der Waals surface area contributed by atoms with Crippen LogP contribution in [0.4, 0.5) is 5.13 Å². The average Bonchev–Trinajstić information content (AvgIpc) is 3.02. The largest absolute Gasteiger partial charge is 0.493 e. The predicted molar refractivity (Wildman–Crippen MR) is 95.2 cm³/mol. The lowest BCUT2D eigenvalue weighted by atomic mass is 9.83. The van der Waals surface area contributed by atoms with Crippen LogP contribution in [-0.4, -0.2) is 30.3 Å². The Morgan fingerprint density at radius 1 is 1.17 bits per heavy atom. The molecule has 0 fully saturated rings. The molecule has 1 aromatic heterocycles. The fraction of sp³-hybridized carbons (Fsp3) is 0.471. The van der Waals surface area contributed by atoms with E-state index in [4.69, 9.17) is 9.47 Å². The molecule has 1 amide bonds. The molecule has 0 spiro atoms. The predicted octanol–water partition coefficient (Wildman–Crippen LogP) is 3.60. The van der Waals surface area contributed by atoms with Crippen LogP contribution in [0.1, 0.15) is 44.2 Å². The SMILES string of the molecule is COc1ccc(C(C)(C)C(=O)Nc2nnc(C(C)C)s2)cc1OC. The van der Waals surface area contributed by atoms with E-state index in [-0.39, 0.29) is 11.8 Å². The summed E-state index contributed by atoms with van der Waals surface area (Å²) < 4.78 is 10.6. The smallest absolute Gasteiger partial charge is 0.236 e. The zero-order valence-corrected chi connectivity index (χ0v) is 15.7. The van der Waals surface area contributed by atoms with Gasteiger partial charge in [0.05, 0.1) is 19.6 Å². The van der Waals surface area contributed by atoms with E-state index in [2.05, 4.69) is 15.5 Å². The van der Waals surface area contributed by atoms with Crippen molar-refractivity contribution in [2.24, 2.45) is 0 Å². The highest BCUT2D eigenvalue weighted by molar-refractivity contribution is 7.15. The third kappa shape index (κ3) is 3.67. The minimum atomic E-state index is -0.761. The molecule has 130 valence electrons. The third-order valence-corrected chi connectivity index (χ3v) is 4.97. The van der Waals surface area contributed by atoms with Gasteiger partial charge in [0, 0.05) is 5.92 Å². The molecule has 0 aliphatic heterocycles. The summed E-state index contributed by atoms with van der Waals surface area (Å²) >= 11 is 1.40. The van der Waals surface area contributed by atoms with Gasteiger partial charge in [-0.2, -0.15) is 0 Å². The summed E-state index contributed by atoms with van der Waals surface area (Å²) in [6, 6.07) is 5.48. The van der Waals surface area contributed by atoms with Crippen molar-refractivity contribution in [3.8, 4) is 11.5 Å². The number of carbonyl (C=O) groups is 1. The maximum Gasteiger partial charge on any atom is 0.236 e. The van der Waals surface area contributed by atoms with Crippen molar-refractivity contribution in [3.63, 3.8) is 0 Å². The van der Waals surface area contributed by atoms with Crippen LogP contribution in [0.5, 0.6) is 11.5 Å². The van der Waals surface area contributed by atoms with Gasteiger partial charge in [0.1, 0.15) is 5.01 Å². The number of rotatable bonds is 6. The number of nitrogens with one attached hydrogen (secondary N) is 1. The molecule has 1 N–H and O–H groups in total. The van der Waals surface area contributed by atoms with Crippen LogP contribution in [0.25, 0.3) is 0 Å². The number of anilines is 1. The lowest BCUT2D eigenvalue weighted by molar-refractivity contribution is -0.120. The highest BCUT2D eigenvalue weighted by Crippen LogP contribution is 2.34. The van der Waals surface area contributed by atoms with Crippen LogP contribution in [0, 0.1) is 0 Å². The summed E-state index contributed by atoms with van der Waals surface area (Å²) in [5, 5.41) is 12.4. The second kappa shape index (κ2) is 7.17. The summed E-state index contributed by atoms with van der Waals surface area (Å²) in [5.41, 5.74) is 0.0645. The Bertz CT molecular complexity index is 726. The van der Waals surface area contributed by atoms with Gasteiger partial charge in [-0.3, -0.25) is 10.1 Å². The van der Waals surface area contributed by atoms with E-state index in [1.165, 1.54) is 11.3 Å². The molecule has 0 aliphatic rings. The number of amides is 1. The molecule has 2 aromatic rings. The van der Waals surface area contributed by atoms with Crippen LogP contribution >= 0.6 is 11.3 Å². The highest BCUT2D eigenvalue weighted by Gasteiger charge is 2.31. The summed E-state index contributed by atoms with van der Waals surface area (Å²) in [6.07, 6.45) is 0. The second-order valence-electron chi connectivity index (χ2n) is 6.25. The first-order valence-electron chi connectivity index (χ1n) is 7.67. The van der Waals surface area contributed by atoms with Crippen molar-refractivity contribution in [3.05, 3.63) is 28.8 Å². The lowest BCUT2D eigenvalue weighted by Crippen LogP contribution is -2.34. The Kier molecular flexibility index (Phi) is 5.43. The number of benzene rings is 1. The minimum Gasteiger partial charge on any atom is -0.493 e. The molecule has 6 nitrogen and oxygen atoms in total. The average molecular weight is 349 g/mol. The molecule has 0 unspecified atom stereocenters. The molecule has 0 radical (unpaired) electrons. The van der Waals surface area contributed by atoms with Crippen LogP contribution in [0.15, 0.2) is 18.2 Å². The Hall–Kier alpha value is -2.15. The third-order valence-electron chi connectivity index (χ3n) is 3.83. The molecule has 0 atom stereocenters. The van der Waals surface area contributed by atoms with Crippen molar-refractivity contribution in [2.75, 3.05) is 19.5 Å². The van der Waals surface area contributed by atoms with Crippen LogP contribution in [0.3, 0.4) is 0 Å². The van der Waals surface area contributed by atoms with Crippen molar-refractivity contribution < 1.29 is 14.3 Å². The van der Waals surface area contributed by atoms with Crippen molar-refractivity contribution in [2.45, 2.75) is 39.0 Å². The molecule has 0 saturated carbocycles. The van der Waals surface area contributed by atoms with Crippen molar-refractivity contribution in [1.29, 1.82) is 0 Å². The normalized spacial score (nSPS) is 11.5. The number of hydrogen-bond donors (Lipinski definition) is 1. The number of methoxy groups -OCH3 is 2. The van der Waals surface area contributed by atoms with E-state index in [9.17, 15) is 4.79 Å². The Morgan fingerprint density at radius 3 is 2.38 bits per heavy atom. The molecule has 2 rings (SSSR count). The first-order chi connectivity index (χ1) is 11.3. The summed E-state index contributed by atoms with van der Waals surface area (Å²) in [7, 11) is 3.15. The molecule has 0 bridgehead atoms. The number of carbonyl (C=O) groups excluding carboxylic acids is 1. The van der Waals surface area contributed by atoms with E-state index < -0.39 is 5.41 Å². The highest BCUT2D eigenvalue weighted by atomic mass is 32.1. The Morgan fingerprint density at radius 2 is 1.83 bits per heavy atom. The standard InChI is InChI=1S/C17H23N3O3S/c1-10(2)14-19-20-16(24-14)18-15(21)17(3,4)11-7-8-12(22-5)13(9-11)23-6/h7-10H,1-6H3,(H,18,20,21). The number of hydrogen-bond acceptors (Lipinski definition) is 6. The molecule has 1 aromatic carbocycles. The summed E-state index contributed by atoms with van der Waals surface area (Å²) in [6.45, 7) is 7.79. The quantitative estimate of drug-likeness (QED) is 0.862. The Balaban J connectivity index is 2.23. The van der Waals surface area contributed by atoms with Gasteiger partial charge in [0.15, 0.2) is 11.5 Å². The van der Waals surface area contributed by atoms with Crippen molar-refractivity contribution in [1.82, 2.24) is 10.2 Å². The fourth-order valence-corrected chi connectivity index (χ4v) is 2.87. The van der Waals surface area contributed by atoms with Crippen LogP contribution < -0.4 is 14.8 Å². The lowest BCUT2D eigenvalue weighted by Gasteiger charge is -2.24. The molecule has 1 heterocycles. The minimum absolute atomic E-state index is 0.152. The van der Waals surface area contributed by atoms with Crippen molar-refractivity contribution >= 4 is 22.4 Å². The van der Waals surface area contributed by atoms with E-state index in [1.54, 1.807) is 20.3 Å². The topological polar surface area (TPSA) is 73.3 Å². The zero-order chi connectivity index (χ0) is 17.9. The monoisotopic (exact) mass is 349 g/mol.